The van der Waals surface area contributed by atoms with Gasteiger partial charge in [-0.2, -0.15) is 11.8 Å². The summed E-state index contributed by atoms with van der Waals surface area (Å²) in [5.74, 6) is -0.824. The number of primary amides is 1. The van der Waals surface area contributed by atoms with Gasteiger partial charge in [0.1, 0.15) is 11.5 Å². The Morgan fingerprint density at radius 3 is 2.71 bits per heavy atom. The van der Waals surface area contributed by atoms with Crippen molar-refractivity contribution in [2.75, 3.05) is 25.2 Å². The number of carboxylic acid groups (broad SMARTS) is 1. The van der Waals surface area contributed by atoms with Crippen LogP contribution in [0.2, 0.25) is 0 Å². The molecule has 1 saturated heterocycles. The van der Waals surface area contributed by atoms with Gasteiger partial charge < -0.3 is 26.2 Å². The van der Waals surface area contributed by atoms with Crippen LogP contribution in [-0.2, 0) is 14.3 Å². The van der Waals surface area contributed by atoms with Crippen LogP contribution in [0.5, 0.6) is 0 Å². The minimum atomic E-state index is -1.17. The standard InChI is InChI=1S/C12H21N3O5S/c1-12(10(17)18)6-20-5-8(12)15-9(16)7(3-4-21-2)14-11(13)19/h7-8H,3-6H2,1-2H3,(H,15,16)(H,17,18)(H3,13,14,19). The lowest BCUT2D eigenvalue weighted by atomic mass is 9.85. The number of ether oxygens (including phenoxy) is 1. The van der Waals surface area contributed by atoms with E-state index in [9.17, 15) is 19.5 Å². The molecule has 1 heterocycles. The van der Waals surface area contributed by atoms with Crippen LogP contribution in [0.15, 0.2) is 0 Å². The summed E-state index contributed by atoms with van der Waals surface area (Å²) in [5.41, 5.74) is 3.88. The number of nitrogens with two attached hydrogens (primary N) is 1. The number of carbonyl (C=O) groups excluding carboxylic acids is 2. The summed E-state index contributed by atoms with van der Waals surface area (Å²) in [7, 11) is 0. The highest BCUT2D eigenvalue weighted by Crippen LogP contribution is 2.28. The predicted molar refractivity (Wildman–Crippen MR) is 78.0 cm³/mol. The molecule has 3 unspecified atom stereocenters. The van der Waals surface area contributed by atoms with Crippen LogP contribution in [0, 0.1) is 5.41 Å². The lowest BCUT2D eigenvalue weighted by molar-refractivity contribution is -0.149. The van der Waals surface area contributed by atoms with E-state index in [4.69, 9.17) is 10.5 Å². The largest absolute Gasteiger partial charge is 0.481 e. The fourth-order valence-electron chi connectivity index (χ4n) is 2.03. The van der Waals surface area contributed by atoms with E-state index in [1.807, 2.05) is 6.26 Å². The van der Waals surface area contributed by atoms with E-state index < -0.39 is 35.4 Å². The molecule has 1 rings (SSSR count). The second-order valence-corrected chi connectivity index (χ2v) is 6.13. The van der Waals surface area contributed by atoms with Crippen LogP contribution >= 0.6 is 11.8 Å². The Kier molecular flexibility index (Phi) is 6.28. The Morgan fingerprint density at radius 2 is 2.19 bits per heavy atom. The summed E-state index contributed by atoms with van der Waals surface area (Å²) < 4.78 is 5.17. The number of thioether (sulfide) groups is 1. The summed E-state index contributed by atoms with van der Waals surface area (Å²) in [6.07, 6.45) is 2.29. The van der Waals surface area contributed by atoms with Crippen LogP contribution in [-0.4, -0.2) is 60.3 Å². The zero-order valence-electron chi connectivity index (χ0n) is 12.0. The number of hydrogen-bond acceptors (Lipinski definition) is 5. The number of carboxylic acids is 1. The van der Waals surface area contributed by atoms with Crippen molar-refractivity contribution in [3.8, 4) is 0 Å². The van der Waals surface area contributed by atoms with Crippen molar-refractivity contribution >= 4 is 29.7 Å². The van der Waals surface area contributed by atoms with Gasteiger partial charge in [0.2, 0.25) is 5.91 Å². The average molecular weight is 319 g/mol. The summed E-state index contributed by atoms with van der Waals surface area (Å²) in [4.78, 5) is 34.5. The molecular weight excluding hydrogens is 298 g/mol. The van der Waals surface area contributed by atoms with E-state index in [0.717, 1.165) is 0 Å². The molecule has 0 radical (unpaired) electrons. The minimum absolute atomic E-state index is 0.0337. The van der Waals surface area contributed by atoms with Crippen LogP contribution in [0.3, 0.4) is 0 Å². The molecule has 120 valence electrons. The topological polar surface area (TPSA) is 131 Å². The van der Waals surface area contributed by atoms with E-state index in [2.05, 4.69) is 10.6 Å². The normalized spacial score (nSPS) is 26.1. The molecule has 21 heavy (non-hydrogen) atoms. The van der Waals surface area contributed by atoms with Gasteiger partial charge in [-0.25, -0.2) is 4.79 Å². The van der Waals surface area contributed by atoms with Crippen molar-refractivity contribution in [1.82, 2.24) is 10.6 Å². The Balaban J connectivity index is 2.71. The zero-order chi connectivity index (χ0) is 16.0. The molecule has 3 amide bonds. The molecule has 0 aromatic carbocycles. The maximum atomic E-state index is 12.2. The van der Waals surface area contributed by atoms with Gasteiger partial charge in [0.05, 0.1) is 19.3 Å². The van der Waals surface area contributed by atoms with Gasteiger partial charge >= 0.3 is 12.0 Å². The Labute approximate surface area is 127 Å². The molecule has 1 aliphatic heterocycles. The molecule has 0 bridgehead atoms. The summed E-state index contributed by atoms with van der Waals surface area (Å²) in [5, 5.41) is 14.3. The summed E-state index contributed by atoms with van der Waals surface area (Å²) in [6.45, 7) is 1.68. The van der Waals surface area contributed by atoms with Crippen LogP contribution < -0.4 is 16.4 Å². The molecule has 5 N–H and O–H groups in total. The molecule has 3 atom stereocenters. The van der Waals surface area contributed by atoms with Crippen molar-refractivity contribution in [2.45, 2.75) is 25.4 Å². The van der Waals surface area contributed by atoms with Crippen LogP contribution in [0.4, 0.5) is 4.79 Å². The molecular formula is C12H21N3O5S. The number of aliphatic carboxylic acids is 1. The van der Waals surface area contributed by atoms with Crippen molar-refractivity contribution in [2.24, 2.45) is 11.1 Å². The van der Waals surface area contributed by atoms with E-state index >= 15 is 0 Å². The lowest BCUT2D eigenvalue weighted by Gasteiger charge is -2.27. The monoisotopic (exact) mass is 319 g/mol. The smallest absolute Gasteiger partial charge is 0.313 e. The van der Waals surface area contributed by atoms with Crippen molar-refractivity contribution in [1.29, 1.82) is 0 Å². The van der Waals surface area contributed by atoms with Crippen molar-refractivity contribution in [3.05, 3.63) is 0 Å². The van der Waals surface area contributed by atoms with Gasteiger partial charge in [-0.3, -0.25) is 9.59 Å². The van der Waals surface area contributed by atoms with Gasteiger partial charge in [0.15, 0.2) is 0 Å². The predicted octanol–water partition coefficient (Wildman–Crippen LogP) is -0.618. The Hall–Kier alpha value is -1.48. The highest BCUT2D eigenvalue weighted by molar-refractivity contribution is 7.98. The average Bonchev–Trinajstić information content (AvgIpc) is 2.77. The van der Waals surface area contributed by atoms with Gasteiger partial charge in [0, 0.05) is 0 Å². The quantitative estimate of drug-likeness (QED) is 0.495. The molecule has 0 saturated carbocycles. The first-order chi connectivity index (χ1) is 9.81. The van der Waals surface area contributed by atoms with Gasteiger partial charge in [0.25, 0.3) is 0 Å². The van der Waals surface area contributed by atoms with Gasteiger partial charge in [-0.1, -0.05) is 0 Å². The third kappa shape index (κ3) is 4.50. The van der Waals surface area contributed by atoms with Gasteiger partial charge in [-0.05, 0) is 25.4 Å². The molecule has 8 nitrogen and oxygen atoms in total. The molecule has 1 aliphatic rings. The minimum Gasteiger partial charge on any atom is -0.481 e. The fourth-order valence-corrected chi connectivity index (χ4v) is 2.51. The number of amides is 3. The summed E-state index contributed by atoms with van der Waals surface area (Å²) >= 11 is 1.53. The Bertz CT molecular complexity index is 420. The molecule has 1 fully saturated rings. The SMILES string of the molecule is CSCCC(NC(N)=O)C(=O)NC1COCC1(C)C(=O)O. The van der Waals surface area contributed by atoms with Crippen molar-refractivity contribution in [3.63, 3.8) is 0 Å². The summed E-state index contributed by atoms with van der Waals surface area (Å²) in [6, 6.07) is -2.22. The number of nitrogens with one attached hydrogen (secondary N) is 2. The maximum Gasteiger partial charge on any atom is 0.313 e. The second kappa shape index (κ2) is 7.51. The zero-order valence-corrected chi connectivity index (χ0v) is 12.9. The van der Waals surface area contributed by atoms with E-state index in [1.54, 1.807) is 0 Å². The van der Waals surface area contributed by atoms with Crippen LogP contribution in [0.1, 0.15) is 13.3 Å². The molecule has 0 aromatic rings. The third-order valence-electron chi connectivity index (χ3n) is 3.50. The number of rotatable bonds is 7. The van der Waals surface area contributed by atoms with Gasteiger partial charge in [-0.15, -0.1) is 0 Å². The molecule has 0 spiro atoms. The lowest BCUT2D eigenvalue weighted by Crippen LogP contribution is -2.56. The number of urea groups is 1. The highest BCUT2D eigenvalue weighted by atomic mass is 32.2. The highest BCUT2D eigenvalue weighted by Gasteiger charge is 2.47. The number of carbonyl (C=O) groups is 3. The first-order valence-corrected chi connectivity index (χ1v) is 7.87. The van der Waals surface area contributed by atoms with E-state index in [-0.39, 0.29) is 13.2 Å². The molecule has 0 aliphatic carbocycles. The van der Waals surface area contributed by atoms with Crippen molar-refractivity contribution < 1.29 is 24.2 Å². The molecule has 9 heteroatoms. The fraction of sp³-hybridized carbons (Fsp3) is 0.750. The molecule has 0 aromatic heterocycles. The maximum absolute atomic E-state index is 12.2. The van der Waals surface area contributed by atoms with Crippen LogP contribution in [0.25, 0.3) is 0 Å². The first kappa shape index (κ1) is 17.6. The first-order valence-electron chi connectivity index (χ1n) is 6.47. The van der Waals surface area contributed by atoms with E-state index in [0.29, 0.717) is 12.2 Å². The Morgan fingerprint density at radius 1 is 1.52 bits per heavy atom. The van der Waals surface area contributed by atoms with E-state index in [1.165, 1.54) is 18.7 Å². The third-order valence-corrected chi connectivity index (χ3v) is 4.15. The number of hydrogen-bond donors (Lipinski definition) is 4. The second-order valence-electron chi connectivity index (χ2n) is 5.14.